The van der Waals surface area contributed by atoms with Gasteiger partial charge >= 0.3 is 6.03 Å². The second-order valence-electron chi connectivity index (χ2n) is 6.15. The zero-order chi connectivity index (χ0) is 16.6. The molecule has 1 aromatic carbocycles. The zero-order valence-electron chi connectivity index (χ0n) is 13.3. The maximum atomic E-state index is 13.4. The lowest BCUT2D eigenvalue weighted by Crippen LogP contribution is -2.47. The van der Waals surface area contributed by atoms with Crippen molar-refractivity contribution in [2.75, 3.05) is 13.1 Å². The molecule has 1 aliphatic heterocycles. The molecule has 6 heteroatoms. The van der Waals surface area contributed by atoms with E-state index in [-0.39, 0.29) is 17.9 Å². The summed E-state index contributed by atoms with van der Waals surface area (Å²) < 4.78 is 19.2. The first kappa shape index (κ1) is 15.8. The number of β-amino-alcohol motifs (C(OH)–C–C–N with tert-alkyl or cyclic N) is 1. The lowest BCUT2D eigenvalue weighted by molar-refractivity contribution is 0.0832. The first-order valence-electron chi connectivity index (χ1n) is 7.87. The first-order valence-corrected chi connectivity index (χ1v) is 7.87. The summed E-state index contributed by atoms with van der Waals surface area (Å²) in [5, 5.41) is 13.3. The molecule has 23 heavy (non-hydrogen) atoms. The van der Waals surface area contributed by atoms with Gasteiger partial charge in [-0.15, -0.1) is 0 Å². The molecule has 1 aliphatic rings. The fraction of sp³-hybridized carbons (Fsp3) is 0.471. The third-order valence-electron chi connectivity index (χ3n) is 4.35. The van der Waals surface area contributed by atoms with Gasteiger partial charge in [-0.05, 0) is 44.9 Å². The Kier molecular flexibility index (Phi) is 4.26. The van der Waals surface area contributed by atoms with E-state index >= 15 is 0 Å². The van der Waals surface area contributed by atoms with Gasteiger partial charge in [0, 0.05) is 24.0 Å². The van der Waals surface area contributed by atoms with Crippen molar-refractivity contribution in [3.63, 3.8) is 0 Å². The SMILES string of the molecule is Cc1c(C(C)NC(=O)N2CCCC(O)C2)oc2ccc(F)cc12. The minimum atomic E-state index is -0.458. The lowest BCUT2D eigenvalue weighted by atomic mass is 10.1. The summed E-state index contributed by atoms with van der Waals surface area (Å²) in [7, 11) is 0. The van der Waals surface area contributed by atoms with Gasteiger partial charge < -0.3 is 19.7 Å². The third kappa shape index (κ3) is 3.17. The molecule has 5 nitrogen and oxygen atoms in total. The molecule has 2 N–H and O–H groups in total. The van der Waals surface area contributed by atoms with Gasteiger partial charge in [0.05, 0.1) is 12.1 Å². The number of carbonyl (C=O) groups excluding carboxylic acids is 1. The highest BCUT2D eigenvalue weighted by Gasteiger charge is 2.25. The summed E-state index contributed by atoms with van der Waals surface area (Å²) in [6.07, 6.45) is 1.07. The maximum absolute atomic E-state index is 13.4. The number of aryl methyl sites for hydroxylation is 1. The number of fused-ring (bicyclic) bond motifs is 1. The number of piperidine rings is 1. The van der Waals surface area contributed by atoms with E-state index in [1.807, 2.05) is 13.8 Å². The molecule has 0 aliphatic carbocycles. The Morgan fingerprint density at radius 2 is 2.30 bits per heavy atom. The Morgan fingerprint density at radius 3 is 3.04 bits per heavy atom. The van der Waals surface area contributed by atoms with Crippen LogP contribution in [0, 0.1) is 12.7 Å². The molecule has 3 rings (SSSR count). The van der Waals surface area contributed by atoms with Crippen LogP contribution in [0.15, 0.2) is 22.6 Å². The molecule has 0 bridgehead atoms. The van der Waals surface area contributed by atoms with Crippen LogP contribution in [-0.2, 0) is 0 Å². The van der Waals surface area contributed by atoms with Crippen molar-refractivity contribution >= 4 is 17.0 Å². The molecule has 1 saturated heterocycles. The molecular formula is C17H21FN2O3. The zero-order valence-corrected chi connectivity index (χ0v) is 13.3. The summed E-state index contributed by atoms with van der Waals surface area (Å²) in [4.78, 5) is 13.9. The van der Waals surface area contributed by atoms with Gasteiger partial charge in [-0.3, -0.25) is 0 Å². The van der Waals surface area contributed by atoms with Gasteiger partial charge in [-0.1, -0.05) is 0 Å². The molecule has 1 aromatic heterocycles. The number of likely N-dealkylation sites (tertiary alicyclic amines) is 1. The van der Waals surface area contributed by atoms with Crippen LogP contribution in [0.2, 0.25) is 0 Å². The van der Waals surface area contributed by atoms with Crippen LogP contribution >= 0.6 is 0 Å². The van der Waals surface area contributed by atoms with Gasteiger partial charge in [-0.25, -0.2) is 9.18 Å². The van der Waals surface area contributed by atoms with Crippen molar-refractivity contribution in [3.05, 3.63) is 35.3 Å². The molecule has 2 heterocycles. The largest absolute Gasteiger partial charge is 0.459 e. The van der Waals surface area contributed by atoms with Crippen molar-refractivity contribution in [2.45, 2.75) is 38.8 Å². The standard InChI is InChI=1S/C17H21FN2O3/c1-10-14-8-12(18)5-6-15(14)23-16(10)11(2)19-17(22)20-7-3-4-13(21)9-20/h5-6,8,11,13,21H,3-4,7,9H2,1-2H3,(H,19,22). The van der Waals surface area contributed by atoms with Crippen molar-refractivity contribution < 1.29 is 18.7 Å². The van der Waals surface area contributed by atoms with E-state index in [2.05, 4.69) is 5.32 Å². The first-order chi connectivity index (χ1) is 11.0. The van der Waals surface area contributed by atoms with E-state index < -0.39 is 6.10 Å². The Morgan fingerprint density at radius 1 is 1.52 bits per heavy atom. The van der Waals surface area contributed by atoms with E-state index in [4.69, 9.17) is 4.42 Å². The molecule has 0 spiro atoms. The third-order valence-corrected chi connectivity index (χ3v) is 4.35. The van der Waals surface area contributed by atoms with Gasteiger partial charge in [0.1, 0.15) is 17.2 Å². The smallest absolute Gasteiger partial charge is 0.318 e. The summed E-state index contributed by atoms with van der Waals surface area (Å²) in [6.45, 7) is 4.68. The second-order valence-corrected chi connectivity index (χ2v) is 6.15. The quantitative estimate of drug-likeness (QED) is 0.893. The van der Waals surface area contributed by atoms with Crippen molar-refractivity contribution in [1.82, 2.24) is 10.2 Å². The average molecular weight is 320 g/mol. The number of aliphatic hydroxyl groups is 1. The molecule has 2 aromatic rings. The summed E-state index contributed by atoms with van der Waals surface area (Å²) in [6, 6.07) is 3.83. The monoisotopic (exact) mass is 320 g/mol. The topological polar surface area (TPSA) is 65.7 Å². The number of amides is 2. The number of furan rings is 1. The summed E-state index contributed by atoms with van der Waals surface area (Å²) >= 11 is 0. The van der Waals surface area contributed by atoms with Gasteiger partial charge in [0.25, 0.3) is 0 Å². The van der Waals surface area contributed by atoms with Crippen molar-refractivity contribution in [2.24, 2.45) is 0 Å². The minimum Gasteiger partial charge on any atom is -0.459 e. The van der Waals surface area contributed by atoms with Crippen LogP contribution in [0.3, 0.4) is 0 Å². The van der Waals surface area contributed by atoms with Crippen molar-refractivity contribution in [1.29, 1.82) is 0 Å². The Hall–Kier alpha value is -2.08. The number of nitrogens with one attached hydrogen (secondary N) is 1. The Balaban J connectivity index is 1.76. The molecule has 2 atom stereocenters. The number of hydrogen-bond donors (Lipinski definition) is 2. The Labute approximate surface area is 134 Å². The molecular weight excluding hydrogens is 299 g/mol. The van der Waals surface area contributed by atoms with Crippen LogP contribution in [0.25, 0.3) is 11.0 Å². The molecule has 0 saturated carbocycles. The van der Waals surface area contributed by atoms with Gasteiger partial charge in [0.2, 0.25) is 0 Å². The van der Waals surface area contributed by atoms with Gasteiger partial charge in [0.15, 0.2) is 0 Å². The average Bonchev–Trinajstić information content (AvgIpc) is 2.84. The van der Waals surface area contributed by atoms with E-state index in [1.54, 1.807) is 11.0 Å². The predicted molar refractivity (Wildman–Crippen MR) is 84.7 cm³/mol. The van der Waals surface area contributed by atoms with Crippen LogP contribution < -0.4 is 5.32 Å². The van der Waals surface area contributed by atoms with Crippen LogP contribution in [0.1, 0.15) is 37.1 Å². The number of urea groups is 1. The lowest BCUT2D eigenvalue weighted by Gasteiger charge is -2.31. The van der Waals surface area contributed by atoms with Crippen LogP contribution in [-0.4, -0.2) is 35.2 Å². The van der Waals surface area contributed by atoms with E-state index in [9.17, 15) is 14.3 Å². The summed E-state index contributed by atoms with van der Waals surface area (Å²) in [5.41, 5.74) is 1.43. The molecule has 1 fully saturated rings. The highest BCUT2D eigenvalue weighted by Crippen LogP contribution is 2.30. The fourth-order valence-electron chi connectivity index (χ4n) is 3.11. The molecule has 0 radical (unpaired) electrons. The number of aliphatic hydroxyl groups excluding tert-OH is 1. The number of nitrogens with zero attached hydrogens (tertiary/aromatic N) is 1. The molecule has 2 unspecified atom stereocenters. The van der Waals surface area contributed by atoms with Crippen molar-refractivity contribution in [3.8, 4) is 0 Å². The highest BCUT2D eigenvalue weighted by molar-refractivity contribution is 5.82. The van der Waals surface area contributed by atoms with E-state index in [1.165, 1.54) is 12.1 Å². The van der Waals surface area contributed by atoms with Gasteiger partial charge in [-0.2, -0.15) is 0 Å². The van der Waals surface area contributed by atoms with E-state index in [0.717, 1.165) is 23.8 Å². The number of carbonyl (C=O) groups is 1. The maximum Gasteiger partial charge on any atom is 0.318 e. The highest BCUT2D eigenvalue weighted by atomic mass is 19.1. The fourth-order valence-corrected chi connectivity index (χ4v) is 3.11. The molecule has 124 valence electrons. The number of benzene rings is 1. The van der Waals surface area contributed by atoms with Crippen LogP contribution in [0.5, 0.6) is 0 Å². The number of halogens is 1. The Bertz CT molecular complexity index is 728. The summed E-state index contributed by atoms with van der Waals surface area (Å²) in [5.74, 6) is 0.309. The van der Waals surface area contributed by atoms with E-state index in [0.29, 0.717) is 24.4 Å². The van der Waals surface area contributed by atoms with Crippen LogP contribution in [0.4, 0.5) is 9.18 Å². The second kappa shape index (κ2) is 6.20. The molecule has 2 amide bonds. The normalized spacial score (nSPS) is 19.8. The number of hydrogen-bond acceptors (Lipinski definition) is 3. The minimum absolute atomic E-state index is 0.220. The predicted octanol–water partition coefficient (Wildman–Crippen LogP) is 3.11. The number of rotatable bonds is 2.